The van der Waals surface area contributed by atoms with Gasteiger partial charge in [-0.15, -0.1) is 0 Å². The summed E-state index contributed by atoms with van der Waals surface area (Å²) in [6, 6.07) is 21.7. The number of amides is 1. The first-order chi connectivity index (χ1) is 13.5. The van der Waals surface area contributed by atoms with E-state index in [9.17, 15) is 9.59 Å². The molecule has 5 nitrogen and oxygen atoms in total. The minimum Gasteiger partial charge on any atom is -0.331 e. The van der Waals surface area contributed by atoms with Crippen molar-refractivity contribution < 1.29 is 4.79 Å². The van der Waals surface area contributed by atoms with Gasteiger partial charge < -0.3 is 10.3 Å². The molecule has 1 aromatic heterocycles. The summed E-state index contributed by atoms with van der Waals surface area (Å²) in [5, 5.41) is 3.32. The molecule has 0 bridgehead atoms. The van der Waals surface area contributed by atoms with Gasteiger partial charge in [0.2, 0.25) is 0 Å². The van der Waals surface area contributed by atoms with E-state index in [4.69, 9.17) is 12.2 Å². The first kappa shape index (κ1) is 17.9. The topological polar surface area (TPSA) is 66.9 Å². The van der Waals surface area contributed by atoms with Crippen LogP contribution in [0, 0.1) is 11.7 Å². The molecule has 0 aliphatic carbocycles. The molecular weight excluding hydrogens is 370 g/mol. The van der Waals surface area contributed by atoms with E-state index in [0.717, 1.165) is 5.56 Å². The molecule has 138 valence electrons. The van der Waals surface area contributed by atoms with Crippen molar-refractivity contribution in [3.63, 3.8) is 0 Å². The second-order valence-corrected chi connectivity index (χ2v) is 6.87. The number of hydrogen-bond donors (Lipinski definition) is 2. The third kappa shape index (κ3) is 3.37. The second kappa shape index (κ2) is 7.25. The molecule has 1 heterocycles. The molecule has 0 spiro atoms. The number of nitrogens with one attached hydrogen (secondary N) is 2. The van der Waals surface area contributed by atoms with Crippen molar-refractivity contribution in [3.8, 4) is 5.69 Å². The zero-order valence-corrected chi connectivity index (χ0v) is 15.9. The van der Waals surface area contributed by atoms with E-state index in [1.54, 1.807) is 18.2 Å². The second-order valence-electron chi connectivity index (χ2n) is 6.49. The molecule has 0 saturated carbocycles. The molecule has 0 unspecified atom stereocenters. The summed E-state index contributed by atoms with van der Waals surface area (Å²) in [4.78, 5) is 28.6. The Hall–Kier alpha value is -3.51. The molecule has 28 heavy (non-hydrogen) atoms. The number of rotatable bonds is 3. The summed E-state index contributed by atoms with van der Waals surface area (Å²) < 4.78 is 1.73. The van der Waals surface area contributed by atoms with Crippen LogP contribution in [-0.2, 0) is 0 Å². The Morgan fingerprint density at radius 3 is 2.43 bits per heavy atom. The van der Waals surface area contributed by atoms with Crippen molar-refractivity contribution in [2.75, 3.05) is 5.32 Å². The number of benzene rings is 3. The molecule has 3 aromatic carbocycles. The summed E-state index contributed by atoms with van der Waals surface area (Å²) in [6.45, 7) is 1.99. The lowest BCUT2D eigenvalue weighted by molar-refractivity contribution is 0.102. The Labute approximate surface area is 166 Å². The highest BCUT2D eigenvalue weighted by molar-refractivity contribution is 7.71. The SMILES string of the molecule is Cc1ccc(NC(=O)c2ccc3c(=O)n(-c4ccccc4)c(=S)[nH]c3c2)cc1. The van der Waals surface area contributed by atoms with E-state index in [1.165, 1.54) is 4.57 Å². The van der Waals surface area contributed by atoms with Crippen molar-refractivity contribution in [2.24, 2.45) is 0 Å². The molecule has 0 saturated heterocycles. The van der Waals surface area contributed by atoms with Crippen molar-refractivity contribution in [2.45, 2.75) is 6.92 Å². The van der Waals surface area contributed by atoms with Gasteiger partial charge in [0.05, 0.1) is 16.6 Å². The molecular formula is C22H17N3O2S. The van der Waals surface area contributed by atoms with Crippen LogP contribution in [0.4, 0.5) is 5.69 Å². The van der Waals surface area contributed by atoms with E-state index in [-0.39, 0.29) is 16.2 Å². The van der Waals surface area contributed by atoms with Gasteiger partial charge in [-0.1, -0.05) is 35.9 Å². The Balaban J connectivity index is 1.74. The Morgan fingerprint density at radius 1 is 1.00 bits per heavy atom. The van der Waals surface area contributed by atoms with E-state index in [2.05, 4.69) is 10.3 Å². The van der Waals surface area contributed by atoms with E-state index >= 15 is 0 Å². The normalized spacial score (nSPS) is 10.8. The molecule has 0 radical (unpaired) electrons. The maximum atomic E-state index is 12.9. The fourth-order valence-corrected chi connectivity index (χ4v) is 3.31. The van der Waals surface area contributed by atoms with Crippen molar-refractivity contribution in [1.29, 1.82) is 0 Å². The van der Waals surface area contributed by atoms with E-state index < -0.39 is 0 Å². The average Bonchev–Trinajstić information content (AvgIpc) is 2.70. The van der Waals surface area contributed by atoms with Gasteiger partial charge in [0.1, 0.15) is 0 Å². The standard InChI is InChI=1S/C22H17N3O2S/c1-14-7-10-16(11-8-14)23-20(26)15-9-12-18-19(13-15)24-22(28)25(21(18)27)17-5-3-2-4-6-17/h2-13H,1H3,(H,23,26)(H,24,28). The highest BCUT2D eigenvalue weighted by atomic mass is 32.1. The molecule has 4 rings (SSSR count). The molecule has 0 atom stereocenters. The summed E-state index contributed by atoms with van der Waals surface area (Å²) in [7, 11) is 0. The third-order valence-corrected chi connectivity index (χ3v) is 4.77. The van der Waals surface area contributed by atoms with Gasteiger partial charge >= 0.3 is 0 Å². The summed E-state index contributed by atoms with van der Waals surface area (Å²) >= 11 is 5.38. The quantitative estimate of drug-likeness (QED) is 0.505. The van der Waals surface area contributed by atoms with Crippen LogP contribution in [0.1, 0.15) is 15.9 Å². The fraction of sp³-hybridized carbons (Fsp3) is 0.0455. The number of aromatic amines is 1. The predicted molar refractivity (Wildman–Crippen MR) is 114 cm³/mol. The van der Waals surface area contributed by atoms with Crippen molar-refractivity contribution in [1.82, 2.24) is 9.55 Å². The zero-order chi connectivity index (χ0) is 19.7. The Bertz CT molecular complexity index is 1290. The number of aromatic nitrogens is 2. The lowest BCUT2D eigenvalue weighted by atomic mass is 10.1. The number of anilines is 1. The minimum absolute atomic E-state index is 0.226. The number of carbonyl (C=O) groups excluding carboxylic acids is 1. The first-order valence-corrected chi connectivity index (χ1v) is 9.16. The van der Waals surface area contributed by atoms with Gasteiger partial charge in [-0.3, -0.25) is 14.2 Å². The average molecular weight is 387 g/mol. The first-order valence-electron chi connectivity index (χ1n) is 8.75. The largest absolute Gasteiger partial charge is 0.331 e. The van der Waals surface area contributed by atoms with Gasteiger partial charge in [-0.05, 0) is 61.6 Å². The van der Waals surface area contributed by atoms with Crippen LogP contribution in [0.15, 0.2) is 77.6 Å². The molecule has 4 aromatic rings. The Kier molecular flexibility index (Phi) is 4.63. The van der Waals surface area contributed by atoms with Crippen LogP contribution in [0.2, 0.25) is 0 Å². The maximum Gasteiger partial charge on any atom is 0.266 e. The molecule has 0 aliphatic heterocycles. The summed E-state index contributed by atoms with van der Waals surface area (Å²) in [5.74, 6) is -0.252. The smallest absolute Gasteiger partial charge is 0.266 e. The number of hydrogen-bond acceptors (Lipinski definition) is 3. The maximum absolute atomic E-state index is 12.9. The van der Waals surface area contributed by atoms with Crippen LogP contribution in [0.25, 0.3) is 16.6 Å². The van der Waals surface area contributed by atoms with Crippen LogP contribution in [0.3, 0.4) is 0 Å². The minimum atomic E-state index is -0.252. The third-order valence-electron chi connectivity index (χ3n) is 4.48. The Morgan fingerprint density at radius 2 is 1.71 bits per heavy atom. The van der Waals surface area contributed by atoms with Crippen LogP contribution >= 0.6 is 12.2 Å². The number of para-hydroxylation sites is 1. The van der Waals surface area contributed by atoms with Crippen LogP contribution in [-0.4, -0.2) is 15.5 Å². The predicted octanol–water partition coefficient (Wildman–Crippen LogP) is 4.61. The zero-order valence-electron chi connectivity index (χ0n) is 15.1. The summed E-state index contributed by atoms with van der Waals surface area (Å²) in [5.41, 5.74) is 3.26. The number of fused-ring (bicyclic) bond motifs is 1. The molecule has 6 heteroatoms. The molecule has 1 amide bonds. The fourth-order valence-electron chi connectivity index (χ4n) is 3.01. The van der Waals surface area contributed by atoms with E-state index in [1.807, 2.05) is 61.5 Å². The lowest BCUT2D eigenvalue weighted by Gasteiger charge is -2.10. The summed E-state index contributed by atoms with van der Waals surface area (Å²) in [6.07, 6.45) is 0. The van der Waals surface area contributed by atoms with Crippen LogP contribution in [0.5, 0.6) is 0 Å². The number of nitrogens with zero attached hydrogens (tertiary/aromatic N) is 1. The molecule has 0 fully saturated rings. The van der Waals surface area contributed by atoms with Crippen molar-refractivity contribution in [3.05, 3.63) is 99.0 Å². The molecule has 0 aliphatic rings. The highest BCUT2D eigenvalue weighted by Crippen LogP contribution is 2.15. The van der Waals surface area contributed by atoms with Gasteiger partial charge in [0.25, 0.3) is 11.5 Å². The van der Waals surface area contributed by atoms with Gasteiger partial charge in [0.15, 0.2) is 4.77 Å². The van der Waals surface area contributed by atoms with Gasteiger partial charge in [-0.25, -0.2) is 0 Å². The van der Waals surface area contributed by atoms with Gasteiger partial charge in [0, 0.05) is 11.3 Å². The van der Waals surface area contributed by atoms with Crippen molar-refractivity contribution >= 4 is 34.7 Å². The monoisotopic (exact) mass is 387 g/mol. The van der Waals surface area contributed by atoms with E-state index in [0.29, 0.717) is 27.8 Å². The van der Waals surface area contributed by atoms with Gasteiger partial charge in [-0.2, -0.15) is 0 Å². The number of aryl methyl sites for hydroxylation is 1. The highest BCUT2D eigenvalue weighted by Gasteiger charge is 2.11. The molecule has 2 N–H and O–H groups in total. The number of H-pyrrole nitrogens is 1. The lowest BCUT2D eigenvalue weighted by Crippen LogP contribution is -2.21. The van der Waals surface area contributed by atoms with Crippen LogP contribution < -0.4 is 10.9 Å². The number of carbonyl (C=O) groups is 1.